The number of nitrogens with one attached hydrogen (secondary N) is 2. The van der Waals surface area contributed by atoms with Gasteiger partial charge in [0, 0.05) is 13.0 Å². The monoisotopic (exact) mass is 333 g/mol. The Bertz CT molecular complexity index is 660. The van der Waals surface area contributed by atoms with Gasteiger partial charge in [0.1, 0.15) is 19.8 Å². The Hall–Kier alpha value is -2.77. The van der Waals surface area contributed by atoms with Gasteiger partial charge in [-0.15, -0.1) is 0 Å². The molecule has 0 saturated carbocycles. The van der Waals surface area contributed by atoms with E-state index in [1.165, 1.54) is 0 Å². The second kappa shape index (κ2) is 6.77. The lowest BCUT2D eigenvalue weighted by Gasteiger charge is -2.26. The van der Waals surface area contributed by atoms with Crippen LogP contribution < -0.4 is 20.1 Å². The molecule has 0 bridgehead atoms. The van der Waals surface area contributed by atoms with Gasteiger partial charge < -0.3 is 20.1 Å². The molecule has 1 unspecified atom stereocenters. The fraction of sp³-hybridized carbons (Fsp3) is 0.438. The quantitative estimate of drug-likeness (QED) is 0.840. The number of carbonyl (C=O) groups is 3. The van der Waals surface area contributed by atoms with Gasteiger partial charge in [-0.05, 0) is 24.6 Å². The first kappa shape index (κ1) is 16.1. The molecule has 1 saturated heterocycles. The minimum Gasteiger partial charge on any atom is -0.486 e. The van der Waals surface area contributed by atoms with Gasteiger partial charge in [-0.2, -0.15) is 0 Å². The maximum absolute atomic E-state index is 12.1. The SMILES string of the molecule is CC(NC(=O)CN1C(=O)CCNC1=O)c1ccc2c(c1)OCCO2. The van der Waals surface area contributed by atoms with Crippen molar-refractivity contribution < 1.29 is 23.9 Å². The smallest absolute Gasteiger partial charge is 0.324 e. The van der Waals surface area contributed by atoms with Crippen molar-refractivity contribution in [3.63, 3.8) is 0 Å². The van der Waals surface area contributed by atoms with Crippen LogP contribution in [0.15, 0.2) is 18.2 Å². The molecule has 0 spiro atoms. The van der Waals surface area contributed by atoms with Crippen LogP contribution in [0.4, 0.5) is 4.79 Å². The van der Waals surface area contributed by atoms with Crippen molar-refractivity contribution in [2.24, 2.45) is 0 Å². The van der Waals surface area contributed by atoms with Gasteiger partial charge in [0.25, 0.3) is 0 Å². The Morgan fingerprint density at radius 1 is 1.29 bits per heavy atom. The third-order valence-electron chi connectivity index (χ3n) is 3.91. The van der Waals surface area contributed by atoms with Crippen LogP contribution in [-0.4, -0.2) is 49.0 Å². The first-order chi connectivity index (χ1) is 11.5. The molecule has 0 aliphatic carbocycles. The third kappa shape index (κ3) is 3.42. The summed E-state index contributed by atoms with van der Waals surface area (Å²) in [5.41, 5.74) is 0.849. The minimum absolute atomic E-state index is 0.205. The van der Waals surface area contributed by atoms with Gasteiger partial charge >= 0.3 is 6.03 Å². The molecule has 24 heavy (non-hydrogen) atoms. The van der Waals surface area contributed by atoms with Crippen LogP contribution in [0.5, 0.6) is 11.5 Å². The zero-order valence-corrected chi connectivity index (χ0v) is 13.3. The van der Waals surface area contributed by atoms with Crippen LogP contribution in [0.25, 0.3) is 0 Å². The zero-order chi connectivity index (χ0) is 17.1. The van der Waals surface area contributed by atoms with E-state index in [1.807, 2.05) is 19.1 Å². The van der Waals surface area contributed by atoms with Crippen molar-refractivity contribution in [3.8, 4) is 11.5 Å². The van der Waals surface area contributed by atoms with Gasteiger partial charge in [0.05, 0.1) is 6.04 Å². The molecule has 128 valence electrons. The Kier molecular flexibility index (Phi) is 4.54. The maximum atomic E-state index is 12.1. The highest BCUT2D eigenvalue weighted by atomic mass is 16.6. The van der Waals surface area contributed by atoms with Gasteiger partial charge in [-0.3, -0.25) is 14.5 Å². The van der Waals surface area contributed by atoms with Crippen molar-refractivity contribution in [3.05, 3.63) is 23.8 Å². The van der Waals surface area contributed by atoms with Crippen LogP contribution in [0.3, 0.4) is 0 Å². The molecule has 8 heteroatoms. The minimum atomic E-state index is -0.534. The Morgan fingerprint density at radius 2 is 2.04 bits per heavy atom. The first-order valence-electron chi connectivity index (χ1n) is 7.81. The molecule has 1 aromatic carbocycles. The number of carbonyl (C=O) groups excluding carboxylic acids is 3. The molecule has 0 aromatic heterocycles. The molecule has 0 radical (unpaired) electrons. The molecule has 1 fully saturated rings. The molecule has 2 heterocycles. The van der Waals surface area contributed by atoms with Crippen LogP contribution >= 0.6 is 0 Å². The highest BCUT2D eigenvalue weighted by molar-refractivity contribution is 6.00. The third-order valence-corrected chi connectivity index (χ3v) is 3.91. The largest absolute Gasteiger partial charge is 0.486 e. The number of hydrogen-bond donors (Lipinski definition) is 2. The van der Waals surface area contributed by atoms with E-state index in [0.29, 0.717) is 31.3 Å². The number of urea groups is 1. The summed E-state index contributed by atoms with van der Waals surface area (Å²) in [5, 5.41) is 5.32. The topological polar surface area (TPSA) is 97.0 Å². The molecule has 3 rings (SSSR count). The lowest BCUT2D eigenvalue weighted by molar-refractivity contribution is -0.134. The molecular weight excluding hydrogens is 314 g/mol. The second-order valence-electron chi connectivity index (χ2n) is 5.65. The predicted molar refractivity (Wildman–Crippen MR) is 83.7 cm³/mol. The molecule has 4 amide bonds. The fourth-order valence-corrected chi connectivity index (χ4v) is 2.62. The average molecular weight is 333 g/mol. The summed E-state index contributed by atoms with van der Waals surface area (Å²) in [6.07, 6.45) is 0.205. The number of nitrogens with zero attached hydrogens (tertiary/aromatic N) is 1. The summed E-state index contributed by atoms with van der Waals surface area (Å²) in [5.74, 6) is 0.577. The number of benzene rings is 1. The number of hydrogen-bond acceptors (Lipinski definition) is 5. The second-order valence-corrected chi connectivity index (χ2v) is 5.65. The van der Waals surface area contributed by atoms with Gasteiger partial charge in [0.2, 0.25) is 11.8 Å². The van der Waals surface area contributed by atoms with Crippen molar-refractivity contribution in [1.82, 2.24) is 15.5 Å². The number of amides is 4. The van der Waals surface area contributed by atoms with E-state index in [4.69, 9.17) is 9.47 Å². The zero-order valence-electron chi connectivity index (χ0n) is 13.3. The van der Waals surface area contributed by atoms with Gasteiger partial charge in [0.15, 0.2) is 11.5 Å². The van der Waals surface area contributed by atoms with Crippen molar-refractivity contribution >= 4 is 17.8 Å². The molecular formula is C16H19N3O5. The maximum Gasteiger partial charge on any atom is 0.324 e. The molecule has 1 aromatic rings. The number of imide groups is 1. The normalized spacial score (nSPS) is 18.0. The summed E-state index contributed by atoms with van der Waals surface area (Å²) in [6, 6.07) is 4.63. The van der Waals surface area contributed by atoms with Crippen LogP contribution in [0.2, 0.25) is 0 Å². The summed E-state index contributed by atoms with van der Waals surface area (Å²) < 4.78 is 11.0. The van der Waals surface area contributed by atoms with E-state index in [-0.39, 0.29) is 24.9 Å². The molecule has 2 aliphatic heterocycles. The van der Waals surface area contributed by atoms with E-state index < -0.39 is 11.9 Å². The Morgan fingerprint density at radius 3 is 2.79 bits per heavy atom. The number of fused-ring (bicyclic) bond motifs is 1. The van der Waals surface area contributed by atoms with Crippen LogP contribution in [0, 0.1) is 0 Å². The van der Waals surface area contributed by atoms with Crippen molar-refractivity contribution in [2.75, 3.05) is 26.3 Å². The van der Waals surface area contributed by atoms with E-state index in [9.17, 15) is 14.4 Å². The average Bonchev–Trinajstić information content (AvgIpc) is 2.58. The highest BCUT2D eigenvalue weighted by Gasteiger charge is 2.28. The molecule has 2 N–H and O–H groups in total. The fourth-order valence-electron chi connectivity index (χ4n) is 2.62. The number of rotatable bonds is 4. The predicted octanol–water partition coefficient (Wildman–Crippen LogP) is 0.577. The van der Waals surface area contributed by atoms with E-state index in [1.54, 1.807) is 6.07 Å². The van der Waals surface area contributed by atoms with Crippen molar-refractivity contribution in [2.45, 2.75) is 19.4 Å². The lowest BCUT2D eigenvalue weighted by Crippen LogP contribution is -2.53. The van der Waals surface area contributed by atoms with Gasteiger partial charge in [-0.25, -0.2) is 4.79 Å². The van der Waals surface area contributed by atoms with E-state index >= 15 is 0 Å². The van der Waals surface area contributed by atoms with E-state index in [0.717, 1.165) is 10.5 Å². The lowest BCUT2D eigenvalue weighted by atomic mass is 10.1. The molecule has 2 aliphatic rings. The summed E-state index contributed by atoms with van der Waals surface area (Å²) >= 11 is 0. The van der Waals surface area contributed by atoms with E-state index in [2.05, 4.69) is 10.6 Å². The van der Waals surface area contributed by atoms with Crippen LogP contribution in [-0.2, 0) is 9.59 Å². The Labute approximate surface area is 139 Å². The highest BCUT2D eigenvalue weighted by Crippen LogP contribution is 2.32. The summed E-state index contributed by atoms with van der Waals surface area (Å²) in [7, 11) is 0. The van der Waals surface area contributed by atoms with Gasteiger partial charge in [-0.1, -0.05) is 6.07 Å². The van der Waals surface area contributed by atoms with Crippen molar-refractivity contribution in [1.29, 1.82) is 0 Å². The molecule has 8 nitrogen and oxygen atoms in total. The Balaban J connectivity index is 1.61. The summed E-state index contributed by atoms with van der Waals surface area (Å²) in [4.78, 5) is 36.4. The number of ether oxygens (including phenoxy) is 2. The molecule has 1 atom stereocenters. The van der Waals surface area contributed by atoms with Crippen LogP contribution in [0.1, 0.15) is 24.9 Å². The summed E-state index contributed by atoms with van der Waals surface area (Å²) in [6.45, 7) is 2.85. The standard InChI is InChI=1S/C16H19N3O5/c1-10(11-2-3-12-13(8-11)24-7-6-23-12)18-14(20)9-19-15(21)4-5-17-16(19)22/h2-3,8,10H,4-7,9H2,1H3,(H,17,22)(H,18,20). The first-order valence-corrected chi connectivity index (χ1v) is 7.81.